The first kappa shape index (κ1) is 12.9. The number of hydrogen-bond donors (Lipinski definition) is 2. The summed E-state index contributed by atoms with van der Waals surface area (Å²) in [6, 6.07) is 2.26. The molecule has 1 aromatic rings. The standard InChI is InChI=1S/C10H10F4O2/c11-8-2-1-6(9(16)3-4-15)5-7(8)10(12,13)14/h1-2,5,9,15-16H,3-4H2. The second-order valence-electron chi connectivity index (χ2n) is 3.27. The maximum Gasteiger partial charge on any atom is 0.419 e. The van der Waals surface area contributed by atoms with E-state index in [0.717, 1.165) is 6.07 Å². The molecule has 6 heteroatoms. The summed E-state index contributed by atoms with van der Waals surface area (Å²) in [6.07, 6.45) is -6.12. The molecule has 1 aromatic carbocycles. The van der Waals surface area contributed by atoms with E-state index in [-0.39, 0.29) is 18.6 Å². The fraction of sp³-hybridized carbons (Fsp3) is 0.400. The lowest BCUT2D eigenvalue weighted by Crippen LogP contribution is -2.10. The number of aliphatic hydroxyl groups excluding tert-OH is 2. The van der Waals surface area contributed by atoms with Gasteiger partial charge in [0.15, 0.2) is 0 Å². The highest BCUT2D eigenvalue weighted by atomic mass is 19.4. The van der Waals surface area contributed by atoms with Crippen LogP contribution in [0.3, 0.4) is 0 Å². The molecule has 0 aliphatic rings. The molecule has 1 rings (SSSR count). The maximum absolute atomic E-state index is 12.9. The third-order valence-corrected chi connectivity index (χ3v) is 2.08. The molecule has 0 fully saturated rings. The Balaban J connectivity index is 3.07. The van der Waals surface area contributed by atoms with Gasteiger partial charge in [-0.2, -0.15) is 13.2 Å². The van der Waals surface area contributed by atoms with Gasteiger partial charge in [0.05, 0.1) is 11.7 Å². The van der Waals surface area contributed by atoms with Crippen LogP contribution < -0.4 is 0 Å². The summed E-state index contributed by atoms with van der Waals surface area (Å²) in [5, 5.41) is 17.9. The summed E-state index contributed by atoms with van der Waals surface area (Å²) in [6.45, 7) is -0.361. The van der Waals surface area contributed by atoms with Gasteiger partial charge in [-0.15, -0.1) is 0 Å². The first-order chi connectivity index (χ1) is 7.36. The Morgan fingerprint density at radius 3 is 2.38 bits per heavy atom. The van der Waals surface area contributed by atoms with Crippen LogP contribution in [0, 0.1) is 5.82 Å². The van der Waals surface area contributed by atoms with Crippen molar-refractivity contribution in [2.45, 2.75) is 18.7 Å². The summed E-state index contributed by atoms with van der Waals surface area (Å²) in [4.78, 5) is 0. The lowest BCUT2D eigenvalue weighted by Gasteiger charge is -2.13. The number of alkyl halides is 3. The molecule has 2 nitrogen and oxygen atoms in total. The van der Waals surface area contributed by atoms with Crippen LogP contribution in [0.5, 0.6) is 0 Å². The summed E-state index contributed by atoms with van der Waals surface area (Å²) >= 11 is 0. The monoisotopic (exact) mass is 238 g/mol. The molecule has 90 valence electrons. The van der Waals surface area contributed by atoms with Crippen LogP contribution >= 0.6 is 0 Å². The van der Waals surface area contributed by atoms with Crippen LogP contribution in [0.4, 0.5) is 17.6 Å². The van der Waals surface area contributed by atoms with Crippen LogP contribution in [0.2, 0.25) is 0 Å². The van der Waals surface area contributed by atoms with E-state index in [9.17, 15) is 22.7 Å². The van der Waals surface area contributed by atoms with Crippen molar-refractivity contribution in [2.75, 3.05) is 6.61 Å². The molecule has 0 amide bonds. The molecule has 2 N–H and O–H groups in total. The Kier molecular flexibility index (Phi) is 3.88. The molecule has 16 heavy (non-hydrogen) atoms. The number of aliphatic hydroxyl groups is 2. The number of benzene rings is 1. The highest BCUT2D eigenvalue weighted by Crippen LogP contribution is 2.33. The van der Waals surface area contributed by atoms with Gasteiger partial charge < -0.3 is 10.2 Å². The average Bonchev–Trinajstić information content (AvgIpc) is 2.16. The SMILES string of the molecule is OCCC(O)c1ccc(F)c(C(F)(F)F)c1. The van der Waals surface area contributed by atoms with Crippen molar-refractivity contribution in [3.05, 3.63) is 35.1 Å². The Labute approximate surface area is 89.1 Å². The molecule has 1 unspecified atom stereocenters. The summed E-state index contributed by atoms with van der Waals surface area (Å²) in [5.74, 6) is -1.38. The van der Waals surface area contributed by atoms with Gasteiger partial charge in [-0.3, -0.25) is 0 Å². The van der Waals surface area contributed by atoms with Crippen LogP contribution in [0.15, 0.2) is 18.2 Å². The van der Waals surface area contributed by atoms with Crippen molar-refractivity contribution in [3.63, 3.8) is 0 Å². The third-order valence-electron chi connectivity index (χ3n) is 2.08. The quantitative estimate of drug-likeness (QED) is 0.793. The van der Waals surface area contributed by atoms with Gasteiger partial charge in [0.2, 0.25) is 0 Å². The fourth-order valence-electron chi connectivity index (χ4n) is 1.26. The van der Waals surface area contributed by atoms with E-state index in [1.807, 2.05) is 0 Å². The smallest absolute Gasteiger partial charge is 0.396 e. The molecule has 0 saturated heterocycles. The van der Waals surface area contributed by atoms with Crippen LogP contribution in [0.25, 0.3) is 0 Å². The van der Waals surface area contributed by atoms with E-state index in [0.29, 0.717) is 12.1 Å². The van der Waals surface area contributed by atoms with Gasteiger partial charge in [-0.25, -0.2) is 4.39 Å². The van der Waals surface area contributed by atoms with E-state index in [1.54, 1.807) is 0 Å². The molecule has 0 aromatic heterocycles. The summed E-state index contributed by atoms with van der Waals surface area (Å²) in [5.41, 5.74) is -1.48. The van der Waals surface area contributed by atoms with E-state index in [2.05, 4.69) is 0 Å². The van der Waals surface area contributed by atoms with Crippen molar-refractivity contribution < 1.29 is 27.8 Å². The molecule has 0 aliphatic carbocycles. The highest BCUT2D eigenvalue weighted by Gasteiger charge is 2.34. The molecular formula is C10H10F4O2. The molecule has 0 saturated carbocycles. The number of rotatable bonds is 3. The van der Waals surface area contributed by atoms with E-state index in [4.69, 9.17) is 5.11 Å². The van der Waals surface area contributed by atoms with Crippen LogP contribution in [0.1, 0.15) is 23.7 Å². The van der Waals surface area contributed by atoms with E-state index >= 15 is 0 Å². The molecule has 0 aliphatic heterocycles. The summed E-state index contributed by atoms with van der Waals surface area (Å²) < 4.78 is 49.8. The van der Waals surface area contributed by atoms with Crippen molar-refractivity contribution >= 4 is 0 Å². The topological polar surface area (TPSA) is 40.5 Å². The largest absolute Gasteiger partial charge is 0.419 e. The second-order valence-corrected chi connectivity index (χ2v) is 3.27. The van der Waals surface area contributed by atoms with E-state index in [1.165, 1.54) is 0 Å². The molecule has 0 radical (unpaired) electrons. The zero-order valence-corrected chi connectivity index (χ0v) is 8.13. The van der Waals surface area contributed by atoms with Crippen molar-refractivity contribution in [2.24, 2.45) is 0 Å². The first-order valence-electron chi connectivity index (χ1n) is 4.52. The fourth-order valence-corrected chi connectivity index (χ4v) is 1.26. The zero-order chi connectivity index (χ0) is 12.3. The molecule has 0 spiro atoms. The Morgan fingerprint density at radius 1 is 1.25 bits per heavy atom. The van der Waals surface area contributed by atoms with Gasteiger partial charge in [0, 0.05) is 13.0 Å². The average molecular weight is 238 g/mol. The lowest BCUT2D eigenvalue weighted by atomic mass is 10.0. The van der Waals surface area contributed by atoms with Crippen molar-refractivity contribution in [1.82, 2.24) is 0 Å². The van der Waals surface area contributed by atoms with Gasteiger partial charge in [-0.05, 0) is 17.7 Å². The second kappa shape index (κ2) is 4.80. The van der Waals surface area contributed by atoms with E-state index < -0.39 is 23.7 Å². The minimum absolute atomic E-state index is 0.0669. The van der Waals surface area contributed by atoms with Gasteiger partial charge >= 0.3 is 6.18 Å². The van der Waals surface area contributed by atoms with Gasteiger partial charge in [-0.1, -0.05) is 6.07 Å². The van der Waals surface area contributed by atoms with Crippen molar-refractivity contribution in [3.8, 4) is 0 Å². The highest BCUT2D eigenvalue weighted by molar-refractivity contribution is 5.28. The molecular weight excluding hydrogens is 228 g/mol. The third kappa shape index (κ3) is 2.93. The van der Waals surface area contributed by atoms with Crippen LogP contribution in [-0.4, -0.2) is 16.8 Å². The molecule has 0 bridgehead atoms. The van der Waals surface area contributed by atoms with Crippen LogP contribution in [-0.2, 0) is 6.18 Å². The normalized spacial score (nSPS) is 13.9. The Morgan fingerprint density at radius 2 is 1.88 bits per heavy atom. The predicted molar refractivity (Wildman–Crippen MR) is 48.1 cm³/mol. The van der Waals surface area contributed by atoms with Crippen molar-refractivity contribution in [1.29, 1.82) is 0 Å². The Bertz CT molecular complexity index is 362. The predicted octanol–water partition coefficient (Wildman–Crippen LogP) is 2.26. The van der Waals surface area contributed by atoms with Gasteiger partial charge in [0.1, 0.15) is 5.82 Å². The zero-order valence-electron chi connectivity index (χ0n) is 8.13. The first-order valence-corrected chi connectivity index (χ1v) is 4.52. The summed E-state index contributed by atoms with van der Waals surface area (Å²) in [7, 11) is 0. The Hall–Kier alpha value is -1.14. The molecule has 0 heterocycles. The molecule has 1 atom stereocenters. The minimum Gasteiger partial charge on any atom is -0.396 e. The maximum atomic E-state index is 12.9. The minimum atomic E-state index is -4.79. The number of halogens is 4. The van der Waals surface area contributed by atoms with Gasteiger partial charge in [0.25, 0.3) is 0 Å². The number of hydrogen-bond acceptors (Lipinski definition) is 2. The lowest BCUT2D eigenvalue weighted by molar-refractivity contribution is -0.140.